The molecule has 0 aliphatic carbocycles. The Bertz CT molecular complexity index is 152. The smallest absolute Gasteiger partial charge is 0.0107 e. The summed E-state index contributed by atoms with van der Waals surface area (Å²) >= 11 is 0. The van der Waals surface area contributed by atoms with Crippen LogP contribution in [-0.4, -0.2) is 36.6 Å². The van der Waals surface area contributed by atoms with Gasteiger partial charge in [0.05, 0.1) is 0 Å². The molecule has 1 fully saturated rings. The number of hydrogen-bond donors (Lipinski definition) is 1. The predicted molar refractivity (Wildman–Crippen MR) is 62.6 cm³/mol. The molecule has 1 saturated heterocycles. The van der Waals surface area contributed by atoms with Crippen LogP contribution >= 0.6 is 0 Å². The molecule has 2 nitrogen and oxygen atoms in total. The van der Waals surface area contributed by atoms with Gasteiger partial charge in [-0.05, 0) is 52.6 Å². The second kappa shape index (κ2) is 5.13. The lowest BCUT2D eigenvalue weighted by atomic mass is 9.99. The molecule has 2 heteroatoms. The fourth-order valence-corrected chi connectivity index (χ4v) is 1.87. The molecule has 0 radical (unpaired) electrons. The Balaban J connectivity index is 2.08. The molecule has 1 aliphatic heterocycles. The summed E-state index contributed by atoms with van der Waals surface area (Å²) in [4.78, 5) is 2.58. The van der Waals surface area contributed by atoms with Crippen LogP contribution in [-0.2, 0) is 0 Å². The van der Waals surface area contributed by atoms with Gasteiger partial charge in [-0.25, -0.2) is 0 Å². The van der Waals surface area contributed by atoms with E-state index in [1.54, 1.807) is 0 Å². The normalized spacial score (nSPS) is 21.4. The summed E-state index contributed by atoms with van der Waals surface area (Å²) in [6.45, 7) is 14.0. The summed E-state index contributed by atoms with van der Waals surface area (Å²) in [6.07, 6.45) is 2.77. The second-order valence-electron chi connectivity index (χ2n) is 5.70. The molecule has 0 aromatic carbocycles. The van der Waals surface area contributed by atoms with Crippen molar-refractivity contribution < 1.29 is 0 Å². The predicted octanol–water partition coefficient (Wildman–Crippen LogP) is 2.11. The maximum absolute atomic E-state index is 3.54. The van der Waals surface area contributed by atoms with Crippen LogP contribution in [0.2, 0.25) is 0 Å². The summed E-state index contributed by atoms with van der Waals surface area (Å²) in [5, 5.41) is 3.54. The topological polar surface area (TPSA) is 15.3 Å². The Morgan fingerprint density at radius 3 is 2.29 bits per heavy atom. The highest BCUT2D eigenvalue weighted by Gasteiger charge is 2.15. The van der Waals surface area contributed by atoms with Crippen LogP contribution in [0.3, 0.4) is 0 Å². The lowest BCUT2D eigenvalue weighted by Gasteiger charge is -2.31. The van der Waals surface area contributed by atoms with Gasteiger partial charge < -0.3 is 10.2 Å². The highest BCUT2D eigenvalue weighted by molar-refractivity contribution is 4.74. The van der Waals surface area contributed by atoms with Crippen LogP contribution < -0.4 is 5.32 Å². The molecule has 0 unspecified atom stereocenters. The first-order chi connectivity index (χ1) is 6.47. The first-order valence-corrected chi connectivity index (χ1v) is 5.95. The van der Waals surface area contributed by atoms with Crippen LogP contribution in [0.25, 0.3) is 0 Å². The van der Waals surface area contributed by atoms with E-state index < -0.39 is 0 Å². The lowest BCUT2D eigenvalue weighted by molar-refractivity contribution is 0.188. The van der Waals surface area contributed by atoms with Gasteiger partial charge in [-0.2, -0.15) is 0 Å². The van der Waals surface area contributed by atoms with E-state index in [9.17, 15) is 0 Å². The molecule has 0 spiro atoms. The Labute approximate surface area is 89.1 Å². The zero-order valence-electron chi connectivity index (χ0n) is 10.3. The second-order valence-corrected chi connectivity index (χ2v) is 5.70. The number of piperidine rings is 1. The average Bonchev–Trinajstić information content (AvgIpc) is 2.06. The molecule has 1 N–H and O–H groups in total. The minimum Gasteiger partial charge on any atom is -0.311 e. The summed E-state index contributed by atoms with van der Waals surface area (Å²) < 4.78 is 0. The molecule has 14 heavy (non-hydrogen) atoms. The van der Waals surface area contributed by atoms with Crippen molar-refractivity contribution in [3.63, 3.8) is 0 Å². The van der Waals surface area contributed by atoms with E-state index in [4.69, 9.17) is 0 Å². The van der Waals surface area contributed by atoms with Crippen LogP contribution in [0.5, 0.6) is 0 Å². The van der Waals surface area contributed by atoms with E-state index in [-0.39, 0.29) is 5.54 Å². The Kier molecular flexibility index (Phi) is 4.39. The lowest BCUT2D eigenvalue weighted by Crippen LogP contribution is -2.43. The molecule has 1 aliphatic rings. The van der Waals surface area contributed by atoms with Gasteiger partial charge in [0.2, 0.25) is 0 Å². The van der Waals surface area contributed by atoms with Crippen molar-refractivity contribution in [3.8, 4) is 0 Å². The summed E-state index contributed by atoms with van der Waals surface area (Å²) in [7, 11) is 0. The first-order valence-electron chi connectivity index (χ1n) is 5.95. The highest BCUT2D eigenvalue weighted by atomic mass is 15.1. The third-order valence-corrected chi connectivity index (χ3v) is 2.96. The van der Waals surface area contributed by atoms with E-state index in [1.807, 2.05) is 0 Å². The van der Waals surface area contributed by atoms with Crippen molar-refractivity contribution in [1.82, 2.24) is 10.2 Å². The third kappa shape index (κ3) is 4.97. The van der Waals surface area contributed by atoms with E-state index >= 15 is 0 Å². The summed E-state index contributed by atoms with van der Waals surface area (Å²) in [5.74, 6) is 0.946. The number of nitrogens with one attached hydrogen (secondary N) is 1. The Morgan fingerprint density at radius 2 is 1.79 bits per heavy atom. The minimum atomic E-state index is 0.267. The SMILES string of the molecule is CC1CCN(CCNC(C)(C)C)CC1. The van der Waals surface area contributed by atoms with Crippen molar-refractivity contribution in [3.05, 3.63) is 0 Å². The maximum atomic E-state index is 3.54. The fraction of sp³-hybridized carbons (Fsp3) is 1.00. The quantitative estimate of drug-likeness (QED) is 0.747. The van der Waals surface area contributed by atoms with E-state index in [0.717, 1.165) is 12.5 Å². The van der Waals surface area contributed by atoms with E-state index in [0.29, 0.717) is 0 Å². The standard InChI is InChI=1S/C12H26N2/c1-11-5-8-14(9-6-11)10-7-13-12(2,3)4/h11,13H,5-10H2,1-4H3. The van der Waals surface area contributed by atoms with Crippen LogP contribution in [0.4, 0.5) is 0 Å². The first kappa shape index (κ1) is 12.0. The minimum absolute atomic E-state index is 0.267. The van der Waals surface area contributed by atoms with Crippen LogP contribution in [0.1, 0.15) is 40.5 Å². The monoisotopic (exact) mass is 198 g/mol. The zero-order chi connectivity index (χ0) is 10.6. The summed E-state index contributed by atoms with van der Waals surface area (Å²) in [6, 6.07) is 0. The molecular weight excluding hydrogens is 172 g/mol. The highest BCUT2D eigenvalue weighted by Crippen LogP contribution is 2.15. The number of likely N-dealkylation sites (tertiary alicyclic amines) is 1. The molecule has 1 rings (SSSR count). The van der Waals surface area contributed by atoms with Gasteiger partial charge in [-0.3, -0.25) is 0 Å². The molecular formula is C12H26N2. The van der Waals surface area contributed by atoms with Gasteiger partial charge in [0.1, 0.15) is 0 Å². The average molecular weight is 198 g/mol. The van der Waals surface area contributed by atoms with Crippen molar-refractivity contribution in [2.45, 2.75) is 46.1 Å². The molecule has 0 atom stereocenters. The fourth-order valence-electron chi connectivity index (χ4n) is 1.87. The number of rotatable bonds is 3. The van der Waals surface area contributed by atoms with Gasteiger partial charge in [0, 0.05) is 18.6 Å². The van der Waals surface area contributed by atoms with E-state index in [2.05, 4.69) is 37.9 Å². The van der Waals surface area contributed by atoms with Gasteiger partial charge in [0.15, 0.2) is 0 Å². The molecule has 84 valence electrons. The summed E-state index contributed by atoms with van der Waals surface area (Å²) in [5.41, 5.74) is 0.267. The van der Waals surface area contributed by atoms with Gasteiger partial charge in [0.25, 0.3) is 0 Å². The molecule has 0 saturated carbocycles. The molecule has 0 bridgehead atoms. The van der Waals surface area contributed by atoms with Gasteiger partial charge in [-0.1, -0.05) is 6.92 Å². The zero-order valence-corrected chi connectivity index (χ0v) is 10.3. The molecule has 0 aromatic rings. The van der Waals surface area contributed by atoms with Crippen LogP contribution in [0, 0.1) is 5.92 Å². The van der Waals surface area contributed by atoms with Crippen LogP contribution in [0.15, 0.2) is 0 Å². The van der Waals surface area contributed by atoms with Gasteiger partial charge in [-0.15, -0.1) is 0 Å². The van der Waals surface area contributed by atoms with E-state index in [1.165, 1.54) is 32.5 Å². The largest absolute Gasteiger partial charge is 0.311 e. The molecule has 1 heterocycles. The maximum Gasteiger partial charge on any atom is 0.0107 e. The molecule has 0 amide bonds. The van der Waals surface area contributed by atoms with Crippen molar-refractivity contribution in [1.29, 1.82) is 0 Å². The molecule has 0 aromatic heterocycles. The van der Waals surface area contributed by atoms with Crippen molar-refractivity contribution >= 4 is 0 Å². The van der Waals surface area contributed by atoms with Crippen molar-refractivity contribution in [2.75, 3.05) is 26.2 Å². The Hall–Kier alpha value is -0.0800. The number of nitrogens with zero attached hydrogens (tertiary/aromatic N) is 1. The van der Waals surface area contributed by atoms with Crippen molar-refractivity contribution in [2.24, 2.45) is 5.92 Å². The third-order valence-electron chi connectivity index (χ3n) is 2.96. The van der Waals surface area contributed by atoms with Gasteiger partial charge >= 0.3 is 0 Å². The Morgan fingerprint density at radius 1 is 1.21 bits per heavy atom. The number of hydrogen-bond acceptors (Lipinski definition) is 2.